The van der Waals surface area contributed by atoms with Crippen LogP contribution >= 0.6 is 23.2 Å². The first-order valence-corrected chi connectivity index (χ1v) is 20.4. The summed E-state index contributed by atoms with van der Waals surface area (Å²) in [6.07, 6.45) is 4.54. The highest BCUT2D eigenvalue weighted by molar-refractivity contribution is 6.39. The van der Waals surface area contributed by atoms with Gasteiger partial charge in [-0.25, -0.2) is 9.97 Å². The van der Waals surface area contributed by atoms with Crippen LogP contribution in [0.15, 0.2) is 60.7 Å². The highest BCUT2D eigenvalue weighted by Crippen LogP contribution is 2.44. The number of ether oxygens (including phenoxy) is 2. The van der Waals surface area contributed by atoms with E-state index in [1.165, 1.54) is 0 Å². The van der Waals surface area contributed by atoms with Crippen molar-refractivity contribution in [1.29, 1.82) is 0 Å². The Bertz CT molecular complexity index is 2000. The molecule has 0 radical (unpaired) electrons. The lowest BCUT2D eigenvalue weighted by Crippen LogP contribution is -2.63. The number of methoxy groups -OCH3 is 2. The van der Waals surface area contributed by atoms with Gasteiger partial charge in [0, 0.05) is 110 Å². The van der Waals surface area contributed by atoms with Crippen molar-refractivity contribution >= 4 is 35.0 Å². The molecule has 12 heteroatoms. The summed E-state index contributed by atoms with van der Waals surface area (Å²) in [5.74, 6) is 1.47. The highest BCUT2D eigenvalue weighted by Gasteiger charge is 2.47. The normalized spacial score (nSPS) is 19.1. The minimum atomic E-state index is 0.158. The van der Waals surface area contributed by atoms with Crippen molar-refractivity contribution in [3.05, 3.63) is 81.8 Å². The molecule has 8 rings (SSSR count). The van der Waals surface area contributed by atoms with E-state index in [2.05, 4.69) is 21.9 Å². The molecule has 0 atom stereocenters. The lowest BCUT2D eigenvalue weighted by molar-refractivity contribution is -0.145. The Balaban J connectivity index is 0.998. The van der Waals surface area contributed by atoms with E-state index in [0.717, 1.165) is 125 Å². The molecule has 0 bridgehead atoms. The number of nitrogens with zero attached hydrogens (tertiary/aromatic N) is 6. The van der Waals surface area contributed by atoms with Gasteiger partial charge in [-0.3, -0.25) is 19.4 Å². The summed E-state index contributed by atoms with van der Waals surface area (Å²) in [6.45, 7) is 12.1. The largest absolute Gasteiger partial charge is 0.481 e. The fourth-order valence-corrected chi connectivity index (χ4v) is 10.2. The lowest BCUT2D eigenvalue weighted by atomic mass is 9.73. The van der Waals surface area contributed by atoms with E-state index in [1.54, 1.807) is 28.1 Å². The molecule has 294 valence electrons. The molecule has 4 saturated heterocycles. The number of carbonyl (C=O) groups excluding carboxylic acids is 2. The number of halogens is 2. The quantitative estimate of drug-likeness (QED) is 0.170. The molecule has 56 heavy (non-hydrogen) atoms. The van der Waals surface area contributed by atoms with Gasteiger partial charge in [-0.15, -0.1) is 0 Å². The summed E-state index contributed by atoms with van der Waals surface area (Å²) in [5.41, 5.74) is 7.01. The van der Waals surface area contributed by atoms with Crippen LogP contribution in [0, 0.1) is 10.8 Å². The minimum absolute atomic E-state index is 0.158. The van der Waals surface area contributed by atoms with Gasteiger partial charge in [0.05, 0.1) is 35.7 Å². The average molecular weight is 798 g/mol. The van der Waals surface area contributed by atoms with E-state index in [4.69, 9.17) is 42.6 Å². The summed E-state index contributed by atoms with van der Waals surface area (Å²) in [7, 11) is 3.32. The Hall–Kier alpha value is -4.22. The van der Waals surface area contributed by atoms with Crippen molar-refractivity contribution in [2.24, 2.45) is 10.8 Å². The number of amides is 2. The minimum Gasteiger partial charge on any atom is -0.481 e. The first-order valence-electron chi connectivity index (χ1n) is 19.6. The second kappa shape index (κ2) is 15.6. The highest BCUT2D eigenvalue weighted by atomic mass is 35.5. The van der Waals surface area contributed by atoms with Crippen molar-refractivity contribution in [2.75, 3.05) is 66.6 Å². The third-order valence-electron chi connectivity index (χ3n) is 12.4. The van der Waals surface area contributed by atoms with Gasteiger partial charge in [0.15, 0.2) is 0 Å². The van der Waals surface area contributed by atoms with E-state index >= 15 is 0 Å². The van der Waals surface area contributed by atoms with E-state index < -0.39 is 0 Å². The van der Waals surface area contributed by atoms with Crippen LogP contribution in [0.1, 0.15) is 50.7 Å². The molecule has 6 heterocycles. The zero-order valence-corrected chi connectivity index (χ0v) is 34.3. The average Bonchev–Trinajstić information content (AvgIpc) is 3.17. The summed E-state index contributed by atoms with van der Waals surface area (Å²) in [5, 5.41) is 1.09. The van der Waals surface area contributed by atoms with Gasteiger partial charge in [-0.05, 0) is 50.9 Å². The Kier molecular flexibility index (Phi) is 10.8. The number of carbonyl (C=O) groups is 2. The van der Waals surface area contributed by atoms with Gasteiger partial charge in [0.2, 0.25) is 23.6 Å². The maximum atomic E-state index is 11.9. The Morgan fingerprint density at radius 3 is 1.38 bits per heavy atom. The van der Waals surface area contributed by atoms with Crippen LogP contribution < -0.4 is 9.47 Å². The number of benzene rings is 2. The summed E-state index contributed by atoms with van der Waals surface area (Å²) < 4.78 is 11.7. The zero-order valence-electron chi connectivity index (χ0n) is 32.7. The van der Waals surface area contributed by atoms with Crippen molar-refractivity contribution in [3.8, 4) is 45.4 Å². The monoisotopic (exact) mass is 796 g/mol. The van der Waals surface area contributed by atoms with Crippen LogP contribution in [0.4, 0.5) is 0 Å². The van der Waals surface area contributed by atoms with Crippen molar-refractivity contribution in [2.45, 2.75) is 52.6 Å². The van der Waals surface area contributed by atoms with Gasteiger partial charge < -0.3 is 19.3 Å². The maximum Gasteiger partial charge on any atom is 0.219 e. The molecule has 4 aliphatic heterocycles. The van der Waals surface area contributed by atoms with Crippen molar-refractivity contribution in [3.63, 3.8) is 0 Å². The second-order valence-electron chi connectivity index (χ2n) is 16.4. The van der Waals surface area contributed by atoms with E-state index in [1.807, 2.05) is 58.3 Å². The van der Waals surface area contributed by atoms with Crippen LogP contribution in [-0.4, -0.2) is 108 Å². The maximum absolute atomic E-state index is 11.9. The van der Waals surface area contributed by atoms with Crippen molar-refractivity contribution < 1.29 is 19.1 Å². The number of aromatic nitrogens is 2. The molecule has 2 amide bonds. The van der Waals surface area contributed by atoms with Gasteiger partial charge in [0.25, 0.3) is 0 Å². The Morgan fingerprint density at radius 2 is 1.00 bits per heavy atom. The fraction of sp³-hybridized carbons (Fsp3) is 0.455. The molecule has 2 spiro atoms. The molecule has 0 N–H and O–H groups in total. The van der Waals surface area contributed by atoms with E-state index in [9.17, 15) is 9.59 Å². The number of hydrogen-bond donors (Lipinski definition) is 0. The van der Waals surface area contributed by atoms with E-state index in [-0.39, 0.29) is 22.6 Å². The topological polar surface area (TPSA) is 91.3 Å². The van der Waals surface area contributed by atoms with Crippen LogP contribution in [0.3, 0.4) is 0 Å². The Morgan fingerprint density at radius 1 is 0.607 bits per heavy atom. The van der Waals surface area contributed by atoms with Gasteiger partial charge in [-0.1, -0.05) is 71.7 Å². The molecule has 4 aliphatic rings. The summed E-state index contributed by atoms with van der Waals surface area (Å²) in [6, 6.07) is 20.0. The molecule has 0 aliphatic carbocycles. The molecular formula is C44H50Cl2N6O4. The second-order valence-corrected chi connectivity index (χ2v) is 17.2. The summed E-state index contributed by atoms with van der Waals surface area (Å²) in [4.78, 5) is 42.4. The molecule has 2 aromatic heterocycles. The molecule has 0 unspecified atom stereocenters. The number of hydrogen-bond acceptors (Lipinski definition) is 8. The zero-order chi connectivity index (χ0) is 39.2. The van der Waals surface area contributed by atoms with E-state index in [0.29, 0.717) is 33.2 Å². The molecule has 10 nitrogen and oxygen atoms in total. The predicted molar refractivity (Wildman–Crippen MR) is 220 cm³/mol. The lowest BCUT2D eigenvalue weighted by Gasteiger charge is -2.54. The standard InChI is InChI=1S/C44H50Cl2N6O4/c1-29(53)51-25-43(26-51)17-7-19-49(23-43)21-31-13-15-37(47-41(31)55-3)35-11-5-9-33(39(35)45)34-10-6-12-36(40(34)46)38-16-14-32(42(48-38)56-4)22-50-20-8-18-44(24-50)27-52(28-44)30(2)54/h5-6,9-16H,7-8,17-28H2,1-4H3. The first-order chi connectivity index (χ1) is 27.0. The van der Waals surface area contributed by atoms with Crippen LogP contribution in [-0.2, 0) is 22.7 Å². The molecular weight excluding hydrogens is 747 g/mol. The number of piperidine rings is 2. The van der Waals surface area contributed by atoms with Gasteiger partial charge in [-0.2, -0.15) is 0 Å². The third-order valence-corrected chi connectivity index (χ3v) is 13.2. The Labute approximate surface area is 339 Å². The van der Waals surface area contributed by atoms with Crippen LogP contribution in [0.2, 0.25) is 10.0 Å². The third kappa shape index (κ3) is 7.49. The van der Waals surface area contributed by atoms with Gasteiger partial charge >= 0.3 is 0 Å². The predicted octanol–water partition coefficient (Wildman–Crippen LogP) is 7.69. The molecule has 0 saturated carbocycles. The molecule has 4 aromatic rings. The first kappa shape index (κ1) is 38.6. The summed E-state index contributed by atoms with van der Waals surface area (Å²) >= 11 is 14.4. The SMILES string of the molecule is COc1nc(-c2cccc(-c3cccc(-c4ccc(CN5CCCC6(C5)CN(C(C)=O)C6)c(OC)n4)c3Cl)c2Cl)ccc1CN1CCCC2(C1)CN(C(C)=O)C2. The van der Waals surface area contributed by atoms with Crippen molar-refractivity contribution in [1.82, 2.24) is 29.6 Å². The molecule has 2 aromatic carbocycles. The van der Waals surface area contributed by atoms with Crippen LogP contribution in [0.25, 0.3) is 33.6 Å². The number of rotatable bonds is 9. The number of likely N-dealkylation sites (tertiary alicyclic amines) is 4. The van der Waals surface area contributed by atoms with Crippen LogP contribution in [0.5, 0.6) is 11.8 Å². The molecule has 4 fully saturated rings. The van der Waals surface area contributed by atoms with Gasteiger partial charge in [0.1, 0.15) is 0 Å². The fourth-order valence-electron chi connectivity index (χ4n) is 9.57. The number of pyridine rings is 2. The smallest absolute Gasteiger partial charge is 0.219 e.